The van der Waals surface area contributed by atoms with Crippen molar-refractivity contribution in [1.29, 1.82) is 0 Å². The van der Waals surface area contributed by atoms with Crippen LogP contribution in [0.2, 0.25) is 0 Å². The lowest BCUT2D eigenvalue weighted by molar-refractivity contribution is -0.126. The Balaban J connectivity index is 1.50. The number of ether oxygens (including phenoxy) is 2. The molecule has 0 bridgehead atoms. The zero-order valence-electron chi connectivity index (χ0n) is 14.9. The Morgan fingerprint density at radius 3 is 3.04 bits per heavy atom. The molecule has 1 aromatic heterocycles. The SMILES string of the molecule is COc1ccc2c(c1)OC[C@H](C(=O)NCCc1csc(C(C)C)n1)C2. The van der Waals surface area contributed by atoms with Gasteiger partial charge in [0, 0.05) is 30.3 Å². The van der Waals surface area contributed by atoms with Gasteiger partial charge in [0.05, 0.1) is 23.7 Å². The minimum Gasteiger partial charge on any atom is -0.497 e. The summed E-state index contributed by atoms with van der Waals surface area (Å²) in [5, 5.41) is 6.24. The minimum absolute atomic E-state index is 0.0424. The summed E-state index contributed by atoms with van der Waals surface area (Å²) in [6, 6.07) is 5.74. The molecule has 1 amide bonds. The molecule has 134 valence electrons. The summed E-state index contributed by atoms with van der Waals surface area (Å²) in [6.45, 7) is 5.29. The third-order valence-corrected chi connectivity index (χ3v) is 5.49. The summed E-state index contributed by atoms with van der Waals surface area (Å²) in [5.74, 6) is 1.92. The van der Waals surface area contributed by atoms with E-state index in [4.69, 9.17) is 9.47 Å². The van der Waals surface area contributed by atoms with Gasteiger partial charge in [-0.15, -0.1) is 11.3 Å². The van der Waals surface area contributed by atoms with Gasteiger partial charge < -0.3 is 14.8 Å². The Kier molecular flexibility index (Phi) is 5.58. The second-order valence-electron chi connectivity index (χ2n) is 6.56. The van der Waals surface area contributed by atoms with Crippen LogP contribution in [0.3, 0.4) is 0 Å². The van der Waals surface area contributed by atoms with E-state index in [0.29, 0.717) is 25.5 Å². The van der Waals surface area contributed by atoms with Crippen LogP contribution in [0.1, 0.15) is 36.0 Å². The molecule has 5 nitrogen and oxygen atoms in total. The standard InChI is InChI=1S/C19H24N2O3S/c1-12(2)19-21-15(11-25-19)6-7-20-18(22)14-8-13-4-5-16(23-3)9-17(13)24-10-14/h4-5,9,11-12,14H,6-8,10H2,1-3H3,(H,20,22)/t14-/m1/s1. The van der Waals surface area contributed by atoms with Crippen molar-refractivity contribution in [2.45, 2.75) is 32.6 Å². The number of rotatable bonds is 6. The first-order chi connectivity index (χ1) is 12.1. The average molecular weight is 360 g/mol. The van der Waals surface area contributed by atoms with Crippen LogP contribution in [0.5, 0.6) is 11.5 Å². The van der Waals surface area contributed by atoms with E-state index in [1.165, 1.54) is 0 Å². The van der Waals surface area contributed by atoms with Crippen LogP contribution >= 0.6 is 11.3 Å². The van der Waals surface area contributed by atoms with Crippen molar-refractivity contribution in [3.8, 4) is 11.5 Å². The van der Waals surface area contributed by atoms with E-state index in [1.807, 2.05) is 18.2 Å². The van der Waals surface area contributed by atoms with Crippen LogP contribution in [-0.4, -0.2) is 31.2 Å². The lowest BCUT2D eigenvalue weighted by atomic mass is 9.96. The number of amides is 1. The number of nitrogens with one attached hydrogen (secondary N) is 1. The number of thiazole rings is 1. The normalized spacial score (nSPS) is 16.2. The molecule has 1 aliphatic rings. The first kappa shape index (κ1) is 17.7. The van der Waals surface area contributed by atoms with Gasteiger partial charge in [0.1, 0.15) is 18.1 Å². The molecule has 0 unspecified atom stereocenters. The molecule has 25 heavy (non-hydrogen) atoms. The largest absolute Gasteiger partial charge is 0.497 e. The first-order valence-electron chi connectivity index (χ1n) is 8.58. The average Bonchev–Trinajstić information content (AvgIpc) is 3.10. The number of methoxy groups -OCH3 is 1. The molecule has 0 saturated carbocycles. The monoisotopic (exact) mass is 360 g/mol. The fourth-order valence-electron chi connectivity index (χ4n) is 2.81. The number of nitrogens with zero attached hydrogens (tertiary/aromatic N) is 1. The Hall–Kier alpha value is -2.08. The molecule has 0 saturated heterocycles. The molecule has 2 heterocycles. The fraction of sp³-hybridized carbons (Fsp3) is 0.474. The fourth-order valence-corrected chi connectivity index (χ4v) is 3.68. The number of carbonyl (C=O) groups is 1. The molecule has 1 aromatic carbocycles. The van der Waals surface area contributed by atoms with Gasteiger partial charge in [0.25, 0.3) is 0 Å². The predicted molar refractivity (Wildman–Crippen MR) is 98.6 cm³/mol. The van der Waals surface area contributed by atoms with E-state index in [9.17, 15) is 4.79 Å². The van der Waals surface area contributed by atoms with E-state index in [0.717, 1.165) is 34.2 Å². The molecule has 3 rings (SSSR count). The molecule has 0 radical (unpaired) electrons. The van der Waals surface area contributed by atoms with Gasteiger partial charge in [0.2, 0.25) is 5.91 Å². The van der Waals surface area contributed by atoms with Crippen molar-refractivity contribution in [3.05, 3.63) is 39.8 Å². The highest BCUT2D eigenvalue weighted by Gasteiger charge is 2.26. The molecule has 0 aliphatic carbocycles. The third-order valence-electron chi connectivity index (χ3n) is 4.30. The van der Waals surface area contributed by atoms with Gasteiger partial charge in [-0.3, -0.25) is 4.79 Å². The maximum Gasteiger partial charge on any atom is 0.226 e. The molecule has 1 aliphatic heterocycles. The van der Waals surface area contributed by atoms with Crippen LogP contribution < -0.4 is 14.8 Å². The Labute approximate surface area is 152 Å². The molecule has 1 N–H and O–H groups in total. The van der Waals surface area contributed by atoms with Gasteiger partial charge >= 0.3 is 0 Å². The van der Waals surface area contributed by atoms with Gasteiger partial charge in [-0.25, -0.2) is 4.98 Å². The molecule has 2 aromatic rings. The smallest absolute Gasteiger partial charge is 0.226 e. The summed E-state index contributed by atoms with van der Waals surface area (Å²) < 4.78 is 10.9. The molecule has 0 spiro atoms. The maximum atomic E-state index is 12.4. The number of carbonyl (C=O) groups excluding carboxylic acids is 1. The Bertz CT molecular complexity index is 742. The van der Waals surface area contributed by atoms with E-state index in [-0.39, 0.29) is 11.8 Å². The second-order valence-corrected chi connectivity index (χ2v) is 7.45. The molecule has 1 atom stereocenters. The molecule has 0 fully saturated rings. The van der Waals surface area contributed by atoms with Crippen molar-refractivity contribution in [3.63, 3.8) is 0 Å². The van der Waals surface area contributed by atoms with E-state index in [1.54, 1.807) is 18.4 Å². The van der Waals surface area contributed by atoms with Gasteiger partial charge in [-0.05, 0) is 18.1 Å². The van der Waals surface area contributed by atoms with Crippen molar-refractivity contribution >= 4 is 17.2 Å². The topological polar surface area (TPSA) is 60.5 Å². The third kappa shape index (κ3) is 4.31. The molecular formula is C19H24N2O3S. The van der Waals surface area contributed by atoms with Crippen LogP contribution in [0.4, 0.5) is 0 Å². The van der Waals surface area contributed by atoms with Crippen molar-refractivity contribution in [2.75, 3.05) is 20.3 Å². The quantitative estimate of drug-likeness (QED) is 0.859. The summed E-state index contributed by atoms with van der Waals surface area (Å²) in [5.41, 5.74) is 2.10. The Morgan fingerprint density at radius 1 is 1.48 bits per heavy atom. The van der Waals surface area contributed by atoms with Crippen molar-refractivity contribution in [2.24, 2.45) is 5.92 Å². The van der Waals surface area contributed by atoms with E-state index >= 15 is 0 Å². The van der Waals surface area contributed by atoms with Crippen LogP contribution in [0.15, 0.2) is 23.6 Å². The zero-order valence-corrected chi connectivity index (χ0v) is 15.7. The zero-order chi connectivity index (χ0) is 17.8. The second kappa shape index (κ2) is 7.87. The van der Waals surface area contributed by atoms with Gasteiger partial charge in [-0.1, -0.05) is 19.9 Å². The summed E-state index contributed by atoms with van der Waals surface area (Å²) in [6.07, 6.45) is 1.45. The molecular weight excluding hydrogens is 336 g/mol. The Morgan fingerprint density at radius 2 is 2.32 bits per heavy atom. The lowest BCUT2D eigenvalue weighted by Crippen LogP contribution is -2.38. The number of hydrogen-bond donors (Lipinski definition) is 1. The van der Waals surface area contributed by atoms with Crippen molar-refractivity contribution < 1.29 is 14.3 Å². The summed E-state index contributed by atoms with van der Waals surface area (Å²) in [4.78, 5) is 17.0. The maximum absolute atomic E-state index is 12.4. The van der Waals surface area contributed by atoms with Crippen molar-refractivity contribution in [1.82, 2.24) is 10.3 Å². The number of aromatic nitrogens is 1. The van der Waals surface area contributed by atoms with Crippen LogP contribution in [-0.2, 0) is 17.6 Å². The summed E-state index contributed by atoms with van der Waals surface area (Å²) >= 11 is 1.69. The van der Waals surface area contributed by atoms with E-state index in [2.05, 4.69) is 29.5 Å². The van der Waals surface area contributed by atoms with E-state index < -0.39 is 0 Å². The van der Waals surface area contributed by atoms with Gasteiger partial charge in [-0.2, -0.15) is 0 Å². The number of fused-ring (bicyclic) bond motifs is 1. The predicted octanol–water partition coefficient (Wildman–Crippen LogP) is 3.19. The number of benzene rings is 1. The highest BCUT2D eigenvalue weighted by Crippen LogP contribution is 2.31. The van der Waals surface area contributed by atoms with Crippen LogP contribution in [0.25, 0.3) is 0 Å². The minimum atomic E-state index is -0.150. The van der Waals surface area contributed by atoms with Gasteiger partial charge in [0.15, 0.2) is 0 Å². The highest BCUT2D eigenvalue weighted by atomic mass is 32.1. The number of hydrogen-bond acceptors (Lipinski definition) is 5. The highest BCUT2D eigenvalue weighted by molar-refractivity contribution is 7.09. The van der Waals surface area contributed by atoms with Crippen LogP contribution in [0, 0.1) is 5.92 Å². The first-order valence-corrected chi connectivity index (χ1v) is 9.46. The molecule has 6 heteroatoms. The summed E-state index contributed by atoms with van der Waals surface area (Å²) in [7, 11) is 1.63. The lowest BCUT2D eigenvalue weighted by Gasteiger charge is -2.25.